The van der Waals surface area contributed by atoms with Crippen molar-refractivity contribution in [2.24, 2.45) is 7.05 Å². The summed E-state index contributed by atoms with van der Waals surface area (Å²) in [6.07, 6.45) is -0.911. The van der Waals surface area contributed by atoms with Gasteiger partial charge in [-0.05, 0) is 5.56 Å². The lowest BCUT2D eigenvalue weighted by atomic mass is 10.1. The van der Waals surface area contributed by atoms with Crippen LogP contribution in [0.4, 0.5) is 0 Å². The number of nitrogens with zero attached hydrogens (tertiary/aromatic N) is 3. The van der Waals surface area contributed by atoms with Crippen molar-refractivity contribution in [3.63, 3.8) is 0 Å². The van der Waals surface area contributed by atoms with Crippen molar-refractivity contribution >= 4 is 17.7 Å². The van der Waals surface area contributed by atoms with E-state index in [4.69, 9.17) is 5.11 Å². The first kappa shape index (κ1) is 13.6. The second-order valence-electron chi connectivity index (χ2n) is 3.87. The molecule has 0 spiro atoms. The third-order valence-corrected chi connectivity index (χ3v) is 3.43. The zero-order valence-corrected chi connectivity index (χ0v) is 11.0. The molecule has 0 saturated heterocycles. The van der Waals surface area contributed by atoms with Crippen molar-refractivity contribution in [1.82, 2.24) is 14.8 Å². The fourth-order valence-electron chi connectivity index (χ4n) is 1.54. The molecule has 1 unspecified atom stereocenters. The van der Waals surface area contributed by atoms with E-state index in [1.165, 1.54) is 4.68 Å². The van der Waals surface area contributed by atoms with Gasteiger partial charge in [0.05, 0.1) is 5.75 Å². The highest BCUT2D eigenvalue weighted by Crippen LogP contribution is 2.22. The van der Waals surface area contributed by atoms with Crippen LogP contribution in [-0.2, 0) is 11.8 Å². The topological polar surface area (TPSA) is 88.2 Å². The predicted octanol–water partition coefficient (Wildman–Crippen LogP) is 1.07. The Hall–Kier alpha value is -1.86. The van der Waals surface area contributed by atoms with Gasteiger partial charge in [-0.1, -0.05) is 42.1 Å². The maximum atomic E-state index is 10.5. The molecule has 6 nitrogen and oxygen atoms in total. The number of thioether (sulfide) groups is 1. The molecule has 19 heavy (non-hydrogen) atoms. The average Bonchev–Trinajstić information content (AvgIpc) is 2.78. The minimum Gasteiger partial charge on any atom is -0.481 e. The van der Waals surface area contributed by atoms with E-state index in [0.717, 1.165) is 11.8 Å². The van der Waals surface area contributed by atoms with Gasteiger partial charge in [0.1, 0.15) is 6.10 Å². The van der Waals surface area contributed by atoms with Crippen molar-refractivity contribution in [1.29, 1.82) is 0 Å². The summed E-state index contributed by atoms with van der Waals surface area (Å²) < 4.78 is 1.47. The van der Waals surface area contributed by atoms with Gasteiger partial charge in [0, 0.05) is 7.05 Å². The summed E-state index contributed by atoms with van der Waals surface area (Å²) in [5, 5.41) is 23.3. The summed E-state index contributed by atoms with van der Waals surface area (Å²) in [7, 11) is 1.67. The second kappa shape index (κ2) is 5.85. The molecule has 0 saturated carbocycles. The molecule has 1 atom stereocenters. The number of rotatable bonds is 5. The van der Waals surface area contributed by atoms with E-state index in [0.29, 0.717) is 10.7 Å². The molecule has 7 heteroatoms. The Kier molecular flexibility index (Phi) is 4.18. The van der Waals surface area contributed by atoms with Crippen molar-refractivity contribution in [2.75, 3.05) is 5.75 Å². The Morgan fingerprint density at radius 1 is 1.42 bits per heavy atom. The zero-order valence-electron chi connectivity index (χ0n) is 10.2. The molecule has 0 radical (unpaired) electrons. The molecule has 1 heterocycles. The van der Waals surface area contributed by atoms with Crippen LogP contribution in [-0.4, -0.2) is 36.7 Å². The SMILES string of the molecule is Cn1nc(C(O)c2ccccc2)nc1SCC(=O)O. The van der Waals surface area contributed by atoms with Gasteiger partial charge in [-0.2, -0.15) is 5.10 Å². The number of aliphatic carboxylic acids is 1. The zero-order chi connectivity index (χ0) is 13.8. The minimum atomic E-state index is -0.918. The van der Waals surface area contributed by atoms with E-state index >= 15 is 0 Å². The van der Waals surface area contributed by atoms with Crippen LogP contribution < -0.4 is 0 Å². The third kappa shape index (κ3) is 3.33. The number of carboxylic acid groups (broad SMARTS) is 1. The lowest BCUT2D eigenvalue weighted by Crippen LogP contribution is -2.02. The standard InChI is InChI=1S/C12H13N3O3S/c1-15-12(19-7-9(16)17)13-11(14-15)10(18)8-5-3-2-4-6-8/h2-6,10,18H,7H2,1H3,(H,16,17). The Labute approximate surface area is 114 Å². The molecule has 1 aromatic heterocycles. The Balaban J connectivity index is 2.17. The highest BCUT2D eigenvalue weighted by Gasteiger charge is 2.18. The fourth-order valence-corrected chi connectivity index (χ4v) is 2.18. The Morgan fingerprint density at radius 3 is 2.74 bits per heavy atom. The number of aryl methyl sites for hydroxylation is 1. The minimum absolute atomic E-state index is 0.0899. The summed E-state index contributed by atoms with van der Waals surface area (Å²) in [6.45, 7) is 0. The highest BCUT2D eigenvalue weighted by molar-refractivity contribution is 7.99. The van der Waals surface area contributed by atoms with E-state index in [1.807, 2.05) is 18.2 Å². The fraction of sp³-hybridized carbons (Fsp3) is 0.250. The second-order valence-corrected chi connectivity index (χ2v) is 4.81. The van der Waals surface area contributed by atoms with E-state index in [-0.39, 0.29) is 11.6 Å². The van der Waals surface area contributed by atoms with Gasteiger partial charge in [0.15, 0.2) is 11.0 Å². The van der Waals surface area contributed by atoms with E-state index in [9.17, 15) is 9.90 Å². The molecule has 100 valence electrons. The van der Waals surface area contributed by atoms with E-state index in [1.54, 1.807) is 19.2 Å². The number of aromatic nitrogens is 3. The van der Waals surface area contributed by atoms with Crippen LogP contribution >= 0.6 is 11.8 Å². The van der Waals surface area contributed by atoms with Gasteiger partial charge in [-0.25, -0.2) is 9.67 Å². The molecule has 2 aromatic rings. The van der Waals surface area contributed by atoms with Crippen LogP contribution in [0.25, 0.3) is 0 Å². The molecule has 0 amide bonds. The van der Waals surface area contributed by atoms with Crippen molar-refractivity contribution in [3.8, 4) is 0 Å². The van der Waals surface area contributed by atoms with Gasteiger partial charge in [0.2, 0.25) is 0 Å². The summed E-state index contributed by atoms with van der Waals surface area (Å²) in [5.41, 5.74) is 0.697. The first-order valence-corrected chi connectivity index (χ1v) is 6.55. The Morgan fingerprint density at radius 2 is 2.11 bits per heavy atom. The van der Waals surface area contributed by atoms with Crippen LogP contribution in [0.1, 0.15) is 17.5 Å². The van der Waals surface area contributed by atoms with Crippen molar-refractivity contribution in [2.45, 2.75) is 11.3 Å². The van der Waals surface area contributed by atoms with Crippen molar-refractivity contribution in [3.05, 3.63) is 41.7 Å². The molecule has 0 bridgehead atoms. The molecular weight excluding hydrogens is 266 g/mol. The number of hydrogen-bond acceptors (Lipinski definition) is 5. The first-order valence-electron chi connectivity index (χ1n) is 5.56. The van der Waals surface area contributed by atoms with Gasteiger partial charge >= 0.3 is 5.97 Å². The number of carboxylic acids is 1. The van der Waals surface area contributed by atoms with E-state index < -0.39 is 12.1 Å². The van der Waals surface area contributed by atoms with Gasteiger partial charge in [-0.3, -0.25) is 4.79 Å². The molecule has 0 aliphatic carbocycles. The van der Waals surface area contributed by atoms with Crippen LogP contribution in [0.5, 0.6) is 0 Å². The number of benzene rings is 1. The largest absolute Gasteiger partial charge is 0.481 e. The summed E-state index contributed by atoms with van der Waals surface area (Å²) >= 11 is 1.07. The summed E-state index contributed by atoms with van der Waals surface area (Å²) in [6, 6.07) is 9.07. The highest BCUT2D eigenvalue weighted by atomic mass is 32.2. The van der Waals surface area contributed by atoms with Crippen LogP contribution in [0, 0.1) is 0 Å². The number of aliphatic hydroxyl groups excluding tert-OH is 1. The maximum Gasteiger partial charge on any atom is 0.313 e. The summed E-state index contributed by atoms with van der Waals surface area (Å²) in [5.74, 6) is -0.743. The first-order chi connectivity index (χ1) is 9.08. The number of carbonyl (C=O) groups is 1. The molecule has 1 aromatic carbocycles. The number of hydrogen-bond donors (Lipinski definition) is 2. The van der Waals surface area contributed by atoms with Crippen LogP contribution in [0.2, 0.25) is 0 Å². The smallest absolute Gasteiger partial charge is 0.313 e. The molecule has 0 aliphatic heterocycles. The van der Waals surface area contributed by atoms with Gasteiger partial charge in [-0.15, -0.1) is 0 Å². The Bertz CT molecular complexity index is 571. The molecule has 2 N–H and O–H groups in total. The molecule has 0 aliphatic rings. The molecule has 0 fully saturated rings. The quantitative estimate of drug-likeness (QED) is 0.796. The maximum absolute atomic E-state index is 10.5. The predicted molar refractivity (Wildman–Crippen MR) is 69.9 cm³/mol. The van der Waals surface area contributed by atoms with Gasteiger partial charge < -0.3 is 10.2 Å². The van der Waals surface area contributed by atoms with Crippen molar-refractivity contribution < 1.29 is 15.0 Å². The third-order valence-electron chi connectivity index (χ3n) is 2.42. The lowest BCUT2D eigenvalue weighted by molar-refractivity contribution is -0.133. The van der Waals surface area contributed by atoms with Crippen LogP contribution in [0.15, 0.2) is 35.5 Å². The monoisotopic (exact) mass is 279 g/mol. The van der Waals surface area contributed by atoms with Gasteiger partial charge in [0.25, 0.3) is 0 Å². The molecular formula is C12H13N3O3S. The summed E-state index contributed by atoms with van der Waals surface area (Å²) in [4.78, 5) is 14.7. The lowest BCUT2D eigenvalue weighted by Gasteiger charge is -2.05. The van der Waals surface area contributed by atoms with Crippen LogP contribution in [0.3, 0.4) is 0 Å². The normalized spacial score (nSPS) is 12.3. The number of aliphatic hydroxyl groups is 1. The van der Waals surface area contributed by atoms with E-state index in [2.05, 4.69) is 10.1 Å². The average molecular weight is 279 g/mol. The molecule has 2 rings (SSSR count).